The molecule has 1 aromatic heterocycles. The van der Waals surface area contributed by atoms with Crippen molar-refractivity contribution in [2.75, 3.05) is 13.7 Å². The van der Waals surface area contributed by atoms with Gasteiger partial charge in [-0.25, -0.2) is 4.98 Å². The first-order chi connectivity index (χ1) is 16.7. The molecule has 1 heterocycles. The molecule has 4 rings (SSSR count). The molecular formula is C29H31N3O2. The molecule has 0 bridgehead atoms. The summed E-state index contributed by atoms with van der Waals surface area (Å²) in [4.78, 5) is 17.1. The second kappa shape index (κ2) is 10.9. The Hall–Kier alpha value is -3.70. The summed E-state index contributed by atoms with van der Waals surface area (Å²) in [5.41, 5.74) is 3.60. The largest absolute Gasteiger partial charge is 0.468 e. The van der Waals surface area contributed by atoms with Gasteiger partial charge in [-0.3, -0.25) is 4.79 Å². The van der Waals surface area contributed by atoms with Crippen molar-refractivity contribution >= 4 is 5.97 Å². The highest BCUT2D eigenvalue weighted by atomic mass is 16.5. The van der Waals surface area contributed by atoms with Crippen LogP contribution in [0.2, 0.25) is 0 Å². The van der Waals surface area contributed by atoms with E-state index >= 15 is 0 Å². The summed E-state index contributed by atoms with van der Waals surface area (Å²) < 4.78 is 7.19. The molecule has 0 saturated carbocycles. The molecule has 0 fully saturated rings. The minimum Gasteiger partial charge on any atom is -0.468 e. The molecule has 5 heteroatoms. The van der Waals surface area contributed by atoms with Crippen molar-refractivity contribution in [3.8, 4) is 0 Å². The van der Waals surface area contributed by atoms with E-state index in [1.54, 1.807) is 0 Å². The Morgan fingerprint density at radius 1 is 0.912 bits per heavy atom. The maximum absolute atomic E-state index is 12.4. The fraction of sp³-hybridized carbons (Fsp3) is 0.241. The summed E-state index contributed by atoms with van der Waals surface area (Å²) in [6, 6.07) is 31.0. The molecule has 0 aliphatic carbocycles. The first kappa shape index (κ1) is 23.5. The summed E-state index contributed by atoms with van der Waals surface area (Å²) in [6.07, 6.45) is 5.31. The van der Waals surface area contributed by atoms with Crippen molar-refractivity contribution < 1.29 is 9.53 Å². The fourth-order valence-corrected chi connectivity index (χ4v) is 4.55. The van der Waals surface area contributed by atoms with E-state index in [0.29, 0.717) is 6.42 Å². The van der Waals surface area contributed by atoms with Gasteiger partial charge in [-0.1, -0.05) is 97.9 Å². The summed E-state index contributed by atoms with van der Waals surface area (Å²) in [7, 11) is 1.42. The standard InChI is InChI=1S/C29H31N3O2/c1-3-19-30-27(28(33)34-2)20-26-21-32(22-31-26)29(23-13-7-4-8-14-23,24-15-9-5-10-16-24)25-17-11-6-12-18-25/h4-18,21-22,27,30H,3,19-20H2,1-2H3/t27-/m0/s1. The van der Waals surface area contributed by atoms with Crippen LogP contribution in [0.1, 0.15) is 35.7 Å². The second-order valence-corrected chi connectivity index (χ2v) is 8.31. The Labute approximate surface area is 201 Å². The van der Waals surface area contributed by atoms with E-state index < -0.39 is 11.6 Å². The topological polar surface area (TPSA) is 56.2 Å². The van der Waals surface area contributed by atoms with Gasteiger partial charge in [0.05, 0.1) is 19.1 Å². The van der Waals surface area contributed by atoms with E-state index in [0.717, 1.165) is 35.3 Å². The highest BCUT2D eigenvalue weighted by Gasteiger charge is 2.38. The predicted octanol–water partition coefficient (Wildman–Crippen LogP) is 4.81. The van der Waals surface area contributed by atoms with Gasteiger partial charge < -0.3 is 14.6 Å². The predicted molar refractivity (Wildman–Crippen MR) is 135 cm³/mol. The van der Waals surface area contributed by atoms with Crippen LogP contribution in [0.4, 0.5) is 0 Å². The molecule has 5 nitrogen and oxygen atoms in total. The average Bonchev–Trinajstić information content (AvgIpc) is 3.37. The number of carbonyl (C=O) groups excluding carboxylic acids is 1. The molecule has 3 aromatic carbocycles. The maximum Gasteiger partial charge on any atom is 0.323 e. The van der Waals surface area contributed by atoms with Crippen molar-refractivity contribution in [2.24, 2.45) is 0 Å². The third kappa shape index (κ3) is 4.66. The number of benzene rings is 3. The summed E-state index contributed by atoms with van der Waals surface area (Å²) in [6.45, 7) is 2.81. The van der Waals surface area contributed by atoms with E-state index in [1.165, 1.54) is 7.11 Å². The van der Waals surface area contributed by atoms with Gasteiger partial charge in [0.2, 0.25) is 0 Å². The Morgan fingerprint density at radius 3 is 1.85 bits per heavy atom. The zero-order chi connectivity index (χ0) is 23.8. The average molecular weight is 454 g/mol. The van der Waals surface area contributed by atoms with Crippen LogP contribution in [0.5, 0.6) is 0 Å². The lowest BCUT2D eigenvalue weighted by atomic mass is 9.77. The number of ether oxygens (including phenoxy) is 1. The molecule has 0 unspecified atom stereocenters. The van der Waals surface area contributed by atoms with E-state index in [9.17, 15) is 4.79 Å². The Balaban J connectivity index is 1.86. The van der Waals surface area contributed by atoms with Crippen LogP contribution < -0.4 is 5.32 Å². The highest BCUT2D eigenvalue weighted by molar-refractivity contribution is 5.76. The van der Waals surface area contributed by atoms with Gasteiger partial charge in [0.25, 0.3) is 0 Å². The number of imidazole rings is 1. The van der Waals surface area contributed by atoms with Crippen LogP contribution in [0.25, 0.3) is 0 Å². The summed E-state index contributed by atoms with van der Waals surface area (Å²) >= 11 is 0. The second-order valence-electron chi connectivity index (χ2n) is 8.31. The molecule has 1 atom stereocenters. The number of methoxy groups -OCH3 is 1. The number of rotatable bonds is 10. The number of hydrogen-bond acceptors (Lipinski definition) is 4. The van der Waals surface area contributed by atoms with Gasteiger partial charge in [-0.05, 0) is 29.7 Å². The number of carbonyl (C=O) groups is 1. The molecule has 34 heavy (non-hydrogen) atoms. The fourth-order valence-electron chi connectivity index (χ4n) is 4.55. The molecule has 1 N–H and O–H groups in total. The van der Waals surface area contributed by atoms with Crippen LogP contribution in [0.3, 0.4) is 0 Å². The molecule has 174 valence electrons. The lowest BCUT2D eigenvalue weighted by Crippen LogP contribution is -2.40. The molecule has 0 radical (unpaired) electrons. The van der Waals surface area contributed by atoms with E-state index in [1.807, 2.05) is 24.5 Å². The lowest BCUT2D eigenvalue weighted by Gasteiger charge is -2.37. The maximum atomic E-state index is 12.4. The van der Waals surface area contributed by atoms with Crippen LogP contribution >= 0.6 is 0 Å². The Bertz CT molecular complexity index is 1080. The van der Waals surface area contributed by atoms with Gasteiger partial charge in [0, 0.05) is 12.6 Å². The van der Waals surface area contributed by atoms with Crippen molar-refractivity contribution in [3.63, 3.8) is 0 Å². The smallest absolute Gasteiger partial charge is 0.323 e. The number of esters is 1. The number of nitrogens with zero attached hydrogens (tertiary/aromatic N) is 2. The van der Waals surface area contributed by atoms with E-state index in [4.69, 9.17) is 9.72 Å². The van der Waals surface area contributed by atoms with Crippen molar-refractivity contribution in [2.45, 2.75) is 31.3 Å². The quantitative estimate of drug-likeness (QED) is 0.277. The van der Waals surface area contributed by atoms with E-state index in [2.05, 4.69) is 95.8 Å². The minimum atomic E-state index is -0.618. The molecule has 0 spiro atoms. The SMILES string of the molecule is CCCN[C@@H](Cc1cn(C(c2ccccc2)(c2ccccc2)c2ccccc2)cn1)C(=O)OC. The molecule has 0 aliphatic heterocycles. The van der Waals surface area contributed by atoms with Gasteiger partial charge in [0.15, 0.2) is 0 Å². The van der Waals surface area contributed by atoms with Crippen LogP contribution in [0, 0.1) is 0 Å². The molecule has 0 aliphatic rings. The first-order valence-corrected chi connectivity index (χ1v) is 11.7. The molecule has 0 amide bonds. The molecule has 0 saturated heterocycles. The van der Waals surface area contributed by atoms with Crippen molar-refractivity contribution in [1.82, 2.24) is 14.9 Å². The van der Waals surface area contributed by atoms with Gasteiger partial charge in [0.1, 0.15) is 11.6 Å². The third-order valence-electron chi connectivity index (χ3n) is 6.14. The number of nitrogens with one attached hydrogen (secondary N) is 1. The van der Waals surface area contributed by atoms with Crippen LogP contribution in [-0.2, 0) is 21.5 Å². The van der Waals surface area contributed by atoms with Crippen molar-refractivity contribution in [3.05, 3.63) is 126 Å². The Morgan fingerprint density at radius 2 is 1.41 bits per heavy atom. The van der Waals surface area contributed by atoms with Crippen LogP contribution in [0.15, 0.2) is 104 Å². The van der Waals surface area contributed by atoms with Gasteiger partial charge in [-0.15, -0.1) is 0 Å². The highest BCUT2D eigenvalue weighted by Crippen LogP contribution is 2.40. The first-order valence-electron chi connectivity index (χ1n) is 11.7. The molecular weight excluding hydrogens is 422 g/mol. The van der Waals surface area contributed by atoms with E-state index in [-0.39, 0.29) is 5.97 Å². The van der Waals surface area contributed by atoms with Crippen LogP contribution in [-0.4, -0.2) is 35.2 Å². The zero-order valence-electron chi connectivity index (χ0n) is 19.7. The monoisotopic (exact) mass is 453 g/mol. The third-order valence-corrected chi connectivity index (χ3v) is 6.14. The number of hydrogen-bond donors (Lipinski definition) is 1. The van der Waals surface area contributed by atoms with Gasteiger partial charge >= 0.3 is 5.97 Å². The summed E-state index contributed by atoms with van der Waals surface area (Å²) in [5, 5.41) is 3.29. The van der Waals surface area contributed by atoms with Crippen molar-refractivity contribution in [1.29, 1.82) is 0 Å². The lowest BCUT2D eigenvalue weighted by molar-refractivity contribution is -0.143. The molecule has 4 aromatic rings. The van der Waals surface area contributed by atoms with Gasteiger partial charge in [-0.2, -0.15) is 0 Å². The minimum absolute atomic E-state index is 0.275. The normalized spacial score (nSPS) is 12.3. The summed E-state index contributed by atoms with van der Waals surface area (Å²) in [5.74, 6) is -0.275. The zero-order valence-corrected chi connectivity index (χ0v) is 19.7. The Kier molecular flexibility index (Phi) is 7.55. The number of aromatic nitrogens is 2.